The second kappa shape index (κ2) is 9.93. The van der Waals surface area contributed by atoms with Gasteiger partial charge in [0, 0.05) is 23.2 Å². The fraction of sp³-hybridized carbons (Fsp3) is 0.600. The van der Waals surface area contributed by atoms with Gasteiger partial charge in [0.1, 0.15) is 6.04 Å². The number of carbonyl (C=O) groups is 2. The Morgan fingerprint density at radius 1 is 1.27 bits per heavy atom. The van der Waals surface area contributed by atoms with Crippen molar-refractivity contribution in [2.24, 2.45) is 5.92 Å². The molecular weight excluding hydrogens is 350 g/mol. The van der Waals surface area contributed by atoms with E-state index in [-0.39, 0.29) is 11.8 Å². The second-order valence-corrected chi connectivity index (χ2v) is 7.77. The number of nitrogens with one attached hydrogen (secondary N) is 2. The van der Waals surface area contributed by atoms with Crippen molar-refractivity contribution in [2.75, 3.05) is 19.6 Å². The lowest BCUT2D eigenvalue weighted by molar-refractivity contribution is -0.123. The summed E-state index contributed by atoms with van der Waals surface area (Å²) in [5.41, 5.74) is 0.504. The number of likely N-dealkylation sites (tertiary alicyclic amines) is 1. The zero-order valence-electron chi connectivity index (χ0n) is 15.9. The van der Waals surface area contributed by atoms with Crippen molar-refractivity contribution in [3.05, 3.63) is 34.9 Å². The van der Waals surface area contributed by atoms with Crippen molar-refractivity contribution >= 4 is 23.4 Å². The molecule has 2 amide bonds. The molecule has 5 nitrogen and oxygen atoms in total. The van der Waals surface area contributed by atoms with Gasteiger partial charge < -0.3 is 10.6 Å². The first kappa shape index (κ1) is 20.7. The van der Waals surface area contributed by atoms with E-state index in [0.29, 0.717) is 35.5 Å². The van der Waals surface area contributed by atoms with Gasteiger partial charge in [0.05, 0.1) is 0 Å². The van der Waals surface area contributed by atoms with Gasteiger partial charge in [-0.15, -0.1) is 0 Å². The van der Waals surface area contributed by atoms with Crippen molar-refractivity contribution in [3.63, 3.8) is 0 Å². The van der Waals surface area contributed by atoms with Gasteiger partial charge in [-0.1, -0.05) is 32.4 Å². The number of likely N-dealkylation sites (N-methyl/N-ethyl adjacent to an activating group) is 1. The van der Waals surface area contributed by atoms with E-state index in [2.05, 4.69) is 22.5 Å². The largest absolute Gasteiger partial charge is 0.353 e. The average molecular weight is 380 g/mol. The Hall–Kier alpha value is -1.59. The molecule has 2 rings (SSSR count). The molecule has 0 radical (unpaired) electrons. The fourth-order valence-electron chi connectivity index (χ4n) is 3.43. The maximum atomic E-state index is 12.7. The maximum Gasteiger partial charge on any atom is 0.251 e. The molecular formula is C20H30ClN3O2. The summed E-state index contributed by atoms with van der Waals surface area (Å²) in [5, 5.41) is 6.50. The molecule has 1 aliphatic heterocycles. The minimum atomic E-state index is -0.533. The Bertz CT molecular complexity index is 604. The van der Waals surface area contributed by atoms with Crippen LogP contribution in [0.3, 0.4) is 0 Å². The van der Waals surface area contributed by atoms with Crippen LogP contribution in [0.1, 0.15) is 50.4 Å². The molecule has 1 aromatic rings. The quantitative estimate of drug-likeness (QED) is 0.729. The highest BCUT2D eigenvalue weighted by Crippen LogP contribution is 2.16. The molecule has 2 N–H and O–H groups in total. The van der Waals surface area contributed by atoms with Crippen molar-refractivity contribution in [3.8, 4) is 0 Å². The van der Waals surface area contributed by atoms with Crippen LogP contribution in [0.2, 0.25) is 5.02 Å². The van der Waals surface area contributed by atoms with Crippen LogP contribution in [-0.4, -0.2) is 48.4 Å². The number of amides is 2. The molecule has 0 saturated carbocycles. The van der Waals surface area contributed by atoms with E-state index in [9.17, 15) is 9.59 Å². The van der Waals surface area contributed by atoms with Gasteiger partial charge in [0.2, 0.25) is 5.91 Å². The molecule has 0 aromatic heterocycles. The van der Waals surface area contributed by atoms with E-state index in [1.54, 1.807) is 24.3 Å². The first-order valence-electron chi connectivity index (χ1n) is 9.48. The summed E-state index contributed by atoms with van der Waals surface area (Å²) >= 11 is 5.87. The summed E-state index contributed by atoms with van der Waals surface area (Å²) in [6.45, 7) is 8.98. The number of carbonyl (C=O) groups excluding carboxylic acids is 2. The zero-order chi connectivity index (χ0) is 19.1. The normalized spacial score (nSPS) is 18.7. The summed E-state index contributed by atoms with van der Waals surface area (Å²) in [6.07, 6.45) is 2.89. The smallest absolute Gasteiger partial charge is 0.251 e. The lowest BCUT2D eigenvalue weighted by atomic mass is 10.0. The van der Waals surface area contributed by atoms with Gasteiger partial charge in [0.25, 0.3) is 5.91 Å². The number of nitrogens with zero attached hydrogens (tertiary/aromatic N) is 1. The van der Waals surface area contributed by atoms with Gasteiger partial charge in [-0.3, -0.25) is 14.5 Å². The van der Waals surface area contributed by atoms with E-state index in [0.717, 1.165) is 19.5 Å². The van der Waals surface area contributed by atoms with E-state index >= 15 is 0 Å². The Morgan fingerprint density at radius 3 is 2.58 bits per heavy atom. The Kier molecular flexibility index (Phi) is 7.91. The molecule has 0 aliphatic carbocycles. The van der Waals surface area contributed by atoms with Crippen molar-refractivity contribution < 1.29 is 9.59 Å². The van der Waals surface area contributed by atoms with Crippen LogP contribution in [0.4, 0.5) is 0 Å². The van der Waals surface area contributed by atoms with Gasteiger partial charge in [-0.05, 0) is 62.5 Å². The number of hydrogen-bond donors (Lipinski definition) is 2. The molecule has 2 unspecified atom stereocenters. The van der Waals surface area contributed by atoms with Gasteiger partial charge in [-0.2, -0.15) is 0 Å². The molecule has 1 heterocycles. The van der Waals surface area contributed by atoms with Crippen molar-refractivity contribution in [1.29, 1.82) is 0 Å². The van der Waals surface area contributed by atoms with Gasteiger partial charge in [-0.25, -0.2) is 0 Å². The van der Waals surface area contributed by atoms with Crippen LogP contribution in [-0.2, 0) is 4.79 Å². The number of halogens is 1. The summed E-state index contributed by atoms with van der Waals surface area (Å²) in [7, 11) is 0. The highest BCUT2D eigenvalue weighted by Gasteiger charge is 2.26. The highest BCUT2D eigenvalue weighted by atomic mass is 35.5. The topological polar surface area (TPSA) is 61.4 Å². The molecule has 144 valence electrons. The predicted octanol–water partition coefficient (Wildman–Crippen LogP) is 3.09. The van der Waals surface area contributed by atoms with Crippen LogP contribution in [0, 0.1) is 5.92 Å². The lowest BCUT2D eigenvalue weighted by Crippen LogP contribution is -2.50. The van der Waals surface area contributed by atoms with Crippen LogP contribution >= 0.6 is 11.6 Å². The van der Waals surface area contributed by atoms with E-state index in [1.807, 2.05) is 13.8 Å². The maximum absolute atomic E-state index is 12.7. The Morgan fingerprint density at radius 2 is 1.96 bits per heavy atom. The summed E-state index contributed by atoms with van der Waals surface area (Å²) < 4.78 is 0. The molecule has 2 atom stereocenters. The number of rotatable bonds is 8. The predicted molar refractivity (Wildman–Crippen MR) is 105 cm³/mol. The average Bonchev–Trinajstić information content (AvgIpc) is 3.06. The van der Waals surface area contributed by atoms with Crippen molar-refractivity contribution in [2.45, 2.75) is 52.1 Å². The van der Waals surface area contributed by atoms with E-state index in [1.165, 1.54) is 6.42 Å². The zero-order valence-corrected chi connectivity index (χ0v) is 16.7. The minimum absolute atomic E-state index is 0.107. The summed E-state index contributed by atoms with van der Waals surface area (Å²) in [5.74, 6) is -0.0580. The van der Waals surface area contributed by atoms with Crippen LogP contribution in [0.15, 0.2) is 24.3 Å². The number of hydrogen-bond acceptors (Lipinski definition) is 3. The van der Waals surface area contributed by atoms with Crippen LogP contribution < -0.4 is 10.6 Å². The van der Waals surface area contributed by atoms with E-state index in [4.69, 9.17) is 11.6 Å². The first-order chi connectivity index (χ1) is 12.4. The molecule has 6 heteroatoms. The summed E-state index contributed by atoms with van der Waals surface area (Å²) in [6, 6.07) is 6.55. The molecule has 0 spiro atoms. The van der Waals surface area contributed by atoms with Gasteiger partial charge in [0.15, 0.2) is 0 Å². The van der Waals surface area contributed by atoms with Crippen LogP contribution in [0.5, 0.6) is 0 Å². The number of benzene rings is 1. The fourth-order valence-corrected chi connectivity index (χ4v) is 3.56. The van der Waals surface area contributed by atoms with Crippen molar-refractivity contribution in [1.82, 2.24) is 15.5 Å². The Balaban J connectivity index is 1.95. The SMILES string of the molecule is CCN1CCCC1CNC(=O)C(CC(C)C)NC(=O)c1ccc(Cl)cc1. The van der Waals surface area contributed by atoms with Crippen LogP contribution in [0.25, 0.3) is 0 Å². The first-order valence-corrected chi connectivity index (χ1v) is 9.86. The second-order valence-electron chi connectivity index (χ2n) is 7.33. The highest BCUT2D eigenvalue weighted by molar-refractivity contribution is 6.30. The molecule has 0 bridgehead atoms. The summed E-state index contributed by atoms with van der Waals surface area (Å²) in [4.78, 5) is 27.5. The third-order valence-corrected chi connectivity index (χ3v) is 5.10. The standard InChI is InChI=1S/C20H30ClN3O2/c1-4-24-11-5-6-17(24)13-22-20(26)18(12-14(2)3)23-19(25)15-7-9-16(21)10-8-15/h7-10,14,17-18H,4-6,11-13H2,1-3H3,(H,22,26)(H,23,25). The Labute approximate surface area is 161 Å². The molecule has 1 aromatic carbocycles. The molecule has 1 fully saturated rings. The van der Waals surface area contributed by atoms with Gasteiger partial charge >= 0.3 is 0 Å². The third kappa shape index (κ3) is 5.99. The third-order valence-electron chi connectivity index (χ3n) is 4.85. The molecule has 26 heavy (non-hydrogen) atoms. The minimum Gasteiger partial charge on any atom is -0.353 e. The van der Waals surface area contributed by atoms with E-state index < -0.39 is 6.04 Å². The lowest BCUT2D eigenvalue weighted by Gasteiger charge is -2.25. The molecule has 1 aliphatic rings. The monoisotopic (exact) mass is 379 g/mol. The molecule has 1 saturated heterocycles.